The van der Waals surface area contributed by atoms with Crippen molar-refractivity contribution in [3.05, 3.63) is 64.7 Å². The number of methoxy groups -OCH3 is 1. The van der Waals surface area contributed by atoms with E-state index in [0.29, 0.717) is 5.92 Å². The summed E-state index contributed by atoms with van der Waals surface area (Å²) in [6.07, 6.45) is 1.01. The maximum atomic E-state index is 6.31. The van der Waals surface area contributed by atoms with Crippen molar-refractivity contribution < 1.29 is 4.74 Å². The molecular formula is C19H23ClN2O. The van der Waals surface area contributed by atoms with Crippen LogP contribution in [0.15, 0.2) is 48.5 Å². The molecule has 4 heteroatoms. The van der Waals surface area contributed by atoms with Crippen molar-refractivity contribution in [3.63, 3.8) is 0 Å². The number of rotatable bonds is 4. The monoisotopic (exact) mass is 330 g/mol. The summed E-state index contributed by atoms with van der Waals surface area (Å²) in [6.45, 7) is 2.74. The van der Waals surface area contributed by atoms with Crippen LogP contribution in [0.1, 0.15) is 23.5 Å². The molecule has 1 saturated heterocycles. The van der Waals surface area contributed by atoms with Crippen LogP contribution in [-0.4, -0.2) is 31.1 Å². The van der Waals surface area contributed by atoms with E-state index in [0.717, 1.165) is 42.4 Å². The van der Waals surface area contributed by atoms with Gasteiger partial charge in [0.05, 0.1) is 7.11 Å². The smallest absolute Gasteiger partial charge is 0.119 e. The topological polar surface area (TPSA) is 38.5 Å². The van der Waals surface area contributed by atoms with Gasteiger partial charge in [-0.2, -0.15) is 0 Å². The highest BCUT2D eigenvalue weighted by atomic mass is 35.5. The molecular weight excluding hydrogens is 308 g/mol. The van der Waals surface area contributed by atoms with Gasteiger partial charge in [0.1, 0.15) is 5.75 Å². The largest absolute Gasteiger partial charge is 0.497 e. The number of likely N-dealkylation sites (tertiary alicyclic amines) is 1. The van der Waals surface area contributed by atoms with E-state index < -0.39 is 0 Å². The molecule has 2 unspecified atom stereocenters. The van der Waals surface area contributed by atoms with Crippen LogP contribution in [0.2, 0.25) is 5.02 Å². The highest BCUT2D eigenvalue weighted by Gasteiger charge is 2.26. The quantitative estimate of drug-likeness (QED) is 0.929. The Morgan fingerprint density at radius 3 is 2.78 bits per heavy atom. The van der Waals surface area contributed by atoms with E-state index in [2.05, 4.69) is 23.1 Å². The Bertz CT molecular complexity index is 661. The number of benzene rings is 2. The van der Waals surface area contributed by atoms with Crippen LogP contribution < -0.4 is 10.5 Å². The lowest BCUT2D eigenvalue weighted by atomic mass is 9.88. The van der Waals surface area contributed by atoms with Crippen LogP contribution in [-0.2, 0) is 6.54 Å². The molecule has 1 aliphatic heterocycles. The maximum Gasteiger partial charge on any atom is 0.119 e. The van der Waals surface area contributed by atoms with E-state index >= 15 is 0 Å². The molecule has 0 radical (unpaired) electrons. The number of piperidine rings is 1. The summed E-state index contributed by atoms with van der Waals surface area (Å²) >= 11 is 6.30. The van der Waals surface area contributed by atoms with Gasteiger partial charge in [0.15, 0.2) is 0 Å². The van der Waals surface area contributed by atoms with E-state index in [4.69, 9.17) is 22.1 Å². The summed E-state index contributed by atoms with van der Waals surface area (Å²) in [5.41, 5.74) is 8.76. The van der Waals surface area contributed by atoms with Crippen molar-refractivity contribution in [2.45, 2.75) is 24.9 Å². The minimum absolute atomic E-state index is 0.183. The molecule has 122 valence electrons. The number of hydrogen-bond donors (Lipinski definition) is 1. The van der Waals surface area contributed by atoms with E-state index in [-0.39, 0.29) is 6.04 Å². The molecule has 2 aromatic carbocycles. The molecule has 1 heterocycles. The van der Waals surface area contributed by atoms with E-state index in [1.807, 2.05) is 30.3 Å². The van der Waals surface area contributed by atoms with Gasteiger partial charge in [-0.25, -0.2) is 0 Å². The van der Waals surface area contributed by atoms with Gasteiger partial charge in [-0.3, -0.25) is 4.90 Å². The molecule has 3 nitrogen and oxygen atoms in total. The Balaban J connectivity index is 1.75. The molecule has 1 aliphatic rings. The zero-order valence-corrected chi connectivity index (χ0v) is 14.2. The summed E-state index contributed by atoms with van der Waals surface area (Å²) in [6, 6.07) is 16.5. The Labute approximate surface area is 143 Å². The summed E-state index contributed by atoms with van der Waals surface area (Å²) in [7, 11) is 1.70. The fraction of sp³-hybridized carbons (Fsp3) is 0.368. The van der Waals surface area contributed by atoms with Gasteiger partial charge in [-0.1, -0.05) is 41.9 Å². The zero-order chi connectivity index (χ0) is 16.2. The van der Waals surface area contributed by atoms with Gasteiger partial charge >= 0.3 is 0 Å². The second-order valence-electron chi connectivity index (χ2n) is 6.25. The Morgan fingerprint density at radius 2 is 2.00 bits per heavy atom. The van der Waals surface area contributed by atoms with Crippen molar-refractivity contribution in [2.24, 2.45) is 5.73 Å². The first-order valence-corrected chi connectivity index (χ1v) is 8.39. The minimum Gasteiger partial charge on any atom is -0.497 e. The molecule has 0 aromatic heterocycles. The minimum atomic E-state index is 0.183. The van der Waals surface area contributed by atoms with E-state index in [9.17, 15) is 0 Å². The zero-order valence-electron chi connectivity index (χ0n) is 13.4. The van der Waals surface area contributed by atoms with Gasteiger partial charge in [0, 0.05) is 30.7 Å². The first-order chi connectivity index (χ1) is 11.2. The highest BCUT2D eigenvalue weighted by Crippen LogP contribution is 2.30. The molecule has 0 amide bonds. The maximum absolute atomic E-state index is 6.31. The fourth-order valence-electron chi connectivity index (χ4n) is 3.37. The number of halogens is 1. The predicted octanol–water partition coefficient (Wildman–Crippen LogP) is 3.67. The van der Waals surface area contributed by atoms with Crippen LogP contribution in [0.3, 0.4) is 0 Å². The van der Waals surface area contributed by atoms with Gasteiger partial charge in [-0.15, -0.1) is 0 Å². The number of nitrogens with zero attached hydrogens (tertiary/aromatic N) is 1. The summed E-state index contributed by atoms with van der Waals surface area (Å²) < 4.78 is 5.35. The molecule has 2 atom stereocenters. The highest BCUT2D eigenvalue weighted by molar-refractivity contribution is 6.31. The lowest BCUT2D eigenvalue weighted by Crippen LogP contribution is -2.45. The fourth-order valence-corrected chi connectivity index (χ4v) is 3.56. The molecule has 0 spiro atoms. The molecule has 23 heavy (non-hydrogen) atoms. The third-order valence-electron chi connectivity index (χ3n) is 4.48. The van der Waals surface area contributed by atoms with Gasteiger partial charge in [-0.05, 0) is 41.7 Å². The van der Waals surface area contributed by atoms with Crippen LogP contribution in [0.4, 0.5) is 0 Å². The van der Waals surface area contributed by atoms with Crippen LogP contribution >= 0.6 is 11.6 Å². The molecule has 0 bridgehead atoms. The van der Waals surface area contributed by atoms with Crippen molar-refractivity contribution in [2.75, 3.05) is 20.2 Å². The average molecular weight is 331 g/mol. The normalized spacial score (nSPS) is 22.0. The number of ether oxygens (including phenoxy) is 1. The third-order valence-corrected chi connectivity index (χ3v) is 4.84. The molecule has 2 aromatic rings. The van der Waals surface area contributed by atoms with Gasteiger partial charge in [0.25, 0.3) is 0 Å². The van der Waals surface area contributed by atoms with Crippen LogP contribution in [0.5, 0.6) is 5.75 Å². The van der Waals surface area contributed by atoms with Gasteiger partial charge in [0.2, 0.25) is 0 Å². The van der Waals surface area contributed by atoms with Crippen LogP contribution in [0.25, 0.3) is 0 Å². The number of hydrogen-bond acceptors (Lipinski definition) is 3. The lowest BCUT2D eigenvalue weighted by Gasteiger charge is -2.36. The predicted molar refractivity (Wildman–Crippen MR) is 95.1 cm³/mol. The average Bonchev–Trinajstić information content (AvgIpc) is 2.56. The molecule has 0 saturated carbocycles. The summed E-state index contributed by atoms with van der Waals surface area (Å²) in [5, 5.41) is 0.824. The van der Waals surface area contributed by atoms with Crippen molar-refractivity contribution in [3.8, 4) is 5.75 Å². The second kappa shape index (κ2) is 7.35. The molecule has 2 N–H and O–H groups in total. The first kappa shape index (κ1) is 16.3. The summed E-state index contributed by atoms with van der Waals surface area (Å²) in [4.78, 5) is 2.40. The van der Waals surface area contributed by atoms with Gasteiger partial charge < -0.3 is 10.5 Å². The molecule has 0 aliphatic carbocycles. The number of nitrogens with two attached hydrogens (primary N) is 1. The van der Waals surface area contributed by atoms with Crippen LogP contribution in [0, 0.1) is 0 Å². The molecule has 3 rings (SSSR count). The van der Waals surface area contributed by atoms with Crippen molar-refractivity contribution in [1.82, 2.24) is 4.90 Å². The van der Waals surface area contributed by atoms with Crippen molar-refractivity contribution >= 4 is 11.6 Å². The third kappa shape index (κ3) is 4.05. The second-order valence-corrected chi connectivity index (χ2v) is 6.66. The van der Waals surface area contributed by atoms with E-state index in [1.165, 1.54) is 5.56 Å². The van der Waals surface area contributed by atoms with Crippen molar-refractivity contribution in [1.29, 1.82) is 0 Å². The Morgan fingerprint density at radius 1 is 1.17 bits per heavy atom. The van der Waals surface area contributed by atoms with E-state index in [1.54, 1.807) is 7.11 Å². The standard InChI is InChI=1S/C19H23ClN2O/c1-23-18-7-4-6-14(10-18)16-9-17(21)13-22(12-16)11-15-5-2-3-8-19(15)20/h2-8,10,16-17H,9,11-13,21H2,1H3. The Kier molecular flexibility index (Phi) is 5.21. The SMILES string of the molecule is COc1cccc(C2CC(N)CN(Cc3ccccc3Cl)C2)c1. The molecule has 1 fully saturated rings. The lowest BCUT2D eigenvalue weighted by molar-refractivity contribution is 0.181. The first-order valence-electron chi connectivity index (χ1n) is 8.01. The Hall–Kier alpha value is -1.55. The summed E-state index contributed by atoms with van der Waals surface area (Å²) in [5.74, 6) is 1.33.